The molecule has 8 heteroatoms. The maximum Gasteiger partial charge on any atom is 0.351 e. The quantitative estimate of drug-likeness (QED) is 0.594. The second-order valence-electron chi connectivity index (χ2n) is 3.29. The van der Waals surface area contributed by atoms with Crippen molar-refractivity contribution in [2.45, 2.75) is 0 Å². The summed E-state index contributed by atoms with van der Waals surface area (Å²) in [5, 5.41) is 14.3. The Morgan fingerprint density at radius 2 is 2.18 bits per heavy atom. The highest BCUT2D eigenvalue weighted by Crippen LogP contribution is 2.17. The topological polar surface area (TPSA) is 83.0 Å². The van der Waals surface area contributed by atoms with Gasteiger partial charge in [-0.1, -0.05) is 6.07 Å². The monoisotopic (exact) mass is 254 g/mol. The van der Waals surface area contributed by atoms with E-state index >= 15 is 0 Å². The van der Waals surface area contributed by atoms with E-state index in [0.29, 0.717) is 5.69 Å². The van der Waals surface area contributed by atoms with Crippen molar-refractivity contribution in [3.8, 4) is 5.69 Å². The molecule has 0 saturated heterocycles. The summed E-state index contributed by atoms with van der Waals surface area (Å²) < 4.78 is 2.15. The van der Waals surface area contributed by atoms with Gasteiger partial charge in [-0.2, -0.15) is 0 Å². The standard InChI is InChI=1S/C9H7ClN4O3/c1-12-9(15)13(8(10)11-12)6-3-2-4-7(5-6)14(16)17/h2-5H,1H3. The van der Waals surface area contributed by atoms with Gasteiger partial charge in [-0.3, -0.25) is 10.1 Å². The molecule has 0 amide bonds. The normalized spacial score (nSPS) is 10.5. The second kappa shape index (κ2) is 4.02. The number of nitro groups is 1. The van der Waals surface area contributed by atoms with Crippen LogP contribution in [0.15, 0.2) is 29.1 Å². The van der Waals surface area contributed by atoms with Gasteiger partial charge in [0.15, 0.2) is 0 Å². The molecule has 0 atom stereocenters. The van der Waals surface area contributed by atoms with Crippen molar-refractivity contribution in [1.82, 2.24) is 14.3 Å². The lowest BCUT2D eigenvalue weighted by molar-refractivity contribution is -0.384. The van der Waals surface area contributed by atoms with Crippen LogP contribution in [0.2, 0.25) is 5.28 Å². The molecule has 2 rings (SSSR count). The Hall–Kier alpha value is -2.15. The first-order chi connectivity index (χ1) is 8.00. The summed E-state index contributed by atoms with van der Waals surface area (Å²) in [6.45, 7) is 0. The number of halogens is 1. The Kier molecular flexibility index (Phi) is 2.68. The van der Waals surface area contributed by atoms with E-state index < -0.39 is 10.6 Å². The number of nitro benzene ring substituents is 1. The van der Waals surface area contributed by atoms with E-state index in [-0.39, 0.29) is 11.0 Å². The van der Waals surface area contributed by atoms with Crippen molar-refractivity contribution in [3.63, 3.8) is 0 Å². The SMILES string of the molecule is Cn1nc(Cl)n(-c2cccc([N+](=O)[O-])c2)c1=O. The first kappa shape index (κ1) is 11.3. The number of nitrogens with zero attached hydrogens (tertiary/aromatic N) is 4. The summed E-state index contributed by atoms with van der Waals surface area (Å²) in [4.78, 5) is 21.8. The fraction of sp³-hybridized carbons (Fsp3) is 0.111. The molecule has 1 aromatic heterocycles. The van der Waals surface area contributed by atoms with Gasteiger partial charge in [-0.05, 0) is 17.7 Å². The van der Waals surface area contributed by atoms with Gasteiger partial charge in [0.2, 0.25) is 5.28 Å². The van der Waals surface area contributed by atoms with Crippen molar-refractivity contribution in [1.29, 1.82) is 0 Å². The van der Waals surface area contributed by atoms with Crippen LogP contribution in [0.25, 0.3) is 5.69 Å². The van der Waals surface area contributed by atoms with Gasteiger partial charge < -0.3 is 0 Å². The highest BCUT2D eigenvalue weighted by molar-refractivity contribution is 6.28. The molecule has 0 bridgehead atoms. The van der Waals surface area contributed by atoms with Crippen LogP contribution in [0, 0.1) is 10.1 Å². The zero-order valence-corrected chi connectivity index (χ0v) is 9.46. The molecule has 2 aromatic rings. The molecule has 0 N–H and O–H groups in total. The van der Waals surface area contributed by atoms with Gasteiger partial charge in [0.05, 0.1) is 10.6 Å². The molecule has 88 valence electrons. The highest BCUT2D eigenvalue weighted by atomic mass is 35.5. The van der Waals surface area contributed by atoms with Crippen LogP contribution in [0.5, 0.6) is 0 Å². The Labute approximate surface area is 100 Å². The number of hydrogen-bond donors (Lipinski definition) is 0. The van der Waals surface area contributed by atoms with Gasteiger partial charge >= 0.3 is 5.69 Å². The minimum Gasteiger partial charge on any atom is -0.258 e. The van der Waals surface area contributed by atoms with Crippen molar-refractivity contribution < 1.29 is 4.92 Å². The van der Waals surface area contributed by atoms with Crippen LogP contribution >= 0.6 is 11.6 Å². The van der Waals surface area contributed by atoms with Gasteiger partial charge in [-0.25, -0.2) is 14.0 Å². The van der Waals surface area contributed by atoms with Crippen LogP contribution < -0.4 is 5.69 Å². The Morgan fingerprint density at radius 1 is 1.47 bits per heavy atom. The number of hydrogen-bond acceptors (Lipinski definition) is 4. The molecule has 17 heavy (non-hydrogen) atoms. The van der Waals surface area contributed by atoms with Crippen LogP contribution in [0.1, 0.15) is 0 Å². The maximum absolute atomic E-state index is 11.7. The van der Waals surface area contributed by atoms with Crippen molar-refractivity contribution in [2.24, 2.45) is 7.05 Å². The third-order valence-corrected chi connectivity index (χ3v) is 2.43. The summed E-state index contributed by atoms with van der Waals surface area (Å²) in [5.74, 6) is 0. The third kappa shape index (κ3) is 1.92. The minimum absolute atomic E-state index is 0.0435. The average Bonchev–Trinajstić information content (AvgIpc) is 2.53. The summed E-state index contributed by atoms with van der Waals surface area (Å²) in [5.41, 5.74) is -0.271. The van der Waals surface area contributed by atoms with E-state index in [9.17, 15) is 14.9 Å². The van der Waals surface area contributed by atoms with E-state index in [0.717, 1.165) is 9.25 Å². The van der Waals surface area contributed by atoms with Crippen molar-refractivity contribution in [3.05, 3.63) is 50.1 Å². The lowest BCUT2D eigenvalue weighted by Gasteiger charge is -2.00. The second-order valence-corrected chi connectivity index (χ2v) is 3.63. The highest BCUT2D eigenvalue weighted by Gasteiger charge is 2.13. The molecule has 0 saturated carbocycles. The Morgan fingerprint density at radius 3 is 2.71 bits per heavy atom. The molecule has 0 aliphatic rings. The number of aromatic nitrogens is 3. The Bertz CT molecular complexity index is 646. The van der Waals surface area contributed by atoms with Crippen LogP contribution in [0.4, 0.5) is 5.69 Å². The van der Waals surface area contributed by atoms with E-state index in [4.69, 9.17) is 11.6 Å². The maximum atomic E-state index is 11.7. The molecule has 0 unspecified atom stereocenters. The predicted molar refractivity (Wildman–Crippen MR) is 60.5 cm³/mol. The number of rotatable bonds is 2. The lowest BCUT2D eigenvalue weighted by atomic mass is 10.3. The zero-order valence-electron chi connectivity index (χ0n) is 8.70. The first-order valence-corrected chi connectivity index (χ1v) is 4.95. The van der Waals surface area contributed by atoms with Gasteiger partial charge in [-0.15, -0.1) is 5.10 Å². The fourth-order valence-electron chi connectivity index (χ4n) is 1.40. The first-order valence-electron chi connectivity index (χ1n) is 4.57. The van der Waals surface area contributed by atoms with Gasteiger partial charge in [0, 0.05) is 19.2 Å². The molecule has 0 radical (unpaired) electrons. The van der Waals surface area contributed by atoms with E-state index in [1.807, 2.05) is 0 Å². The van der Waals surface area contributed by atoms with Crippen LogP contribution in [-0.4, -0.2) is 19.3 Å². The summed E-state index contributed by atoms with van der Waals surface area (Å²) in [6.07, 6.45) is 0. The van der Waals surface area contributed by atoms with Crippen LogP contribution in [0.3, 0.4) is 0 Å². The number of benzene rings is 1. The largest absolute Gasteiger partial charge is 0.351 e. The molecule has 0 spiro atoms. The molecule has 1 heterocycles. The van der Waals surface area contributed by atoms with E-state index in [1.54, 1.807) is 6.07 Å². The molecule has 1 aromatic carbocycles. The van der Waals surface area contributed by atoms with E-state index in [2.05, 4.69) is 5.10 Å². The average molecular weight is 255 g/mol. The Balaban J connectivity index is 2.65. The molecule has 7 nitrogen and oxygen atoms in total. The minimum atomic E-state index is -0.543. The molecular weight excluding hydrogens is 248 g/mol. The summed E-state index contributed by atoms with van der Waals surface area (Å²) in [7, 11) is 1.45. The summed E-state index contributed by atoms with van der Waals surface area (Å²) in [6, 6.07) is 5.61. The molecule has 0 aliphatic heterocycles. The number of non-ortho nitro benzene ring substituents is 1. The zero-order chi connectivity index (χ0) is 12.6. The summed E-state index contributed by atoms with van der Waals surface area (Å²) >= 11 is 5.78. The van der Waals surface area contributed by atoms with Crippen LogP contribution in [-0.2, 0) is 7.05 Å². The smallest absolute Gasteiger partial charge is 0.258 e. The fourth-order valence-corrected chi connectivity index (χ4v) is 1.68. The molecule has 0 fully saturated rings. The van der Waals surface area contributed by atoms with E-state index in [1.165, 1.54) is 25.2 Å². The lowest BCUT2D eigenvalue weighted by Crippen LogP contribution is -2.21. The molecular formula is C9H7ClN4O3. The third-order valence-electron chi connectivity index (χ3n) is 2.18. The predicted octanol–water partition coefficient (Wildman–Crippen LogP) is 1.13. The number of aryl methyl sites for hydroxylation is 1. The van der Waals surface area contributed by atoms with Crippen molar-refractivity contribution >= 4 is 17.3 Å². The molecule has 0 aliphatic carbocycles. The van der Waals surface area contributed by atoms with Gasteiger partial charge in [0.25, 0.3) is 5.69 Å². The van der Waals surface area contributed by atoms with Gasteiger partial charge in [0.1, 0.15) is 0 Å². The van der Waals surface area contributed by atoms with Crippen molar-refractivity contribution in [2.75, 3.05) is 0 Å².